The lowest BCUT2D eigenvalue weighted by atomic mass is 9.87. The molecule has 12 heteroatoms. The van der Waals surface area contributed by atoms with Crippen LogP contribution >= 0.6 is 23.2 Å². The summed E-state index contributed by atoms with van der Waals surface area (Å²) < 4.78 is 34.8. The van der Waals surface area contributed by atoms with Gasteiger partial charge in [-0.2, -0.15) is 10.3 Å². The van der Waals surface area contributed by atoms with Crippen LogP contribution in [0.5, 0.6) is 11.8 Å². The normalized spacial score (nSPS) is 14.3. The number of ether oxygens (including phenoxy) is 2. The Labute approximate surface area is 324 Å². The zero-order chi connectivity index (χ0) is 38.4. The van der Waals surface area contributed by atoms with E-state index >= 15 is 0 Å². The third-order valence-electron chi connectivity index (χ3n) is 9.35. The Morgan fingerprint density at radius 1 is 0.673 bits per heavy atom. The van der Waals surface area contributed by atoms with E-state index in [9.17, 15) is 9.11 Å². The predicted octanol–water partition coefficient (Wildman–Crippen LogP) is 9.70. The second kappa shape index (κ2) is 17.8. The summed E-state index contributed by atoms with van der Waals surface area (Å²) in [5.74, 6) is 0.779. The van der Waals surface area contributed by atoms with Crippen LogP contribution in [0.4, 0.5) is 0 Å². The highest BCUT2D eigenvalue weighted by Crippen LogP contribution is 2.44. The van der Waals surface area contributed by atoms with Crippen molar-refractivity contribution in [3.05, 3.63) is 107 Å². The number of benzene rings is 2. The van der Waals surface area contributed by atoms with Gasteiger partial charge in [0.15, 0.2) is 0 Å². The second-order valence-electron chi connectivity index (χ2n) is 13.9. The topological polar surface area (TPSA) is 142 Å². The molecule has 0 aliphatic carbocycles. The average Bonchev–Trinajstić information content (AvgIpc) is 3.11. The van der Waals surface area contributed by atoms with Crippen molar-refractivity contribution in [3.63, 3.8) is 0 Å². The lowest BCUT2D eigenvalue weighted by molar-refractivity contribution is 0.383. The summed E-state index contributed by atoms with van der Waals surface area (Å²) in [6, 6.07) is 19.2. The molecule has 278 valence electrons. The maximum absolute atomic E-state index is 12.3. The Morgan fingerprint density at radius 2 is 1.02 bits per heavy atom. The van der Waals surface area contributed by atoms with Gasteiger partial charge in [0.05, 0.1) is 35.7 Å². The highest BCUT2D eigenvalue weighted by molar-refractivity contribution is 7.90. The Morgan fingerprint density at radius 3 is 1.33 bits per heavy atom. The quantitative estimate of drug-likeness (QED) is 0.0797. The van der Waals surface area contributed by atoms with Gasteiger partial charge in [0.2, 0.25) is 11.8 Å². The molecule has 0 saturated heterocycles. The molecule has 8 nitrogen and oxygen atoms in total. The summed E-state index contributed by atoms with van der Waals surface area (Å²) in [6.45, 7) is 15.4. The van der Waals surface area contributed by atoms with Crippen molar-refractivity contribution < 1.29 is 18.6 Å². The summed E-state index contributed by atoms with van der Waals surface area (Å²) in [5, 5.41) is 12.6. The van der Waals surface area contributed by atoms with Crippen LogP contribution in [0.3, 0.4) is 0 Å². The molecule has 0 amide bonds. The number of pyridine rings is 2. The summed E-state index contributed by atoms with van der Waals surface area (Å²) >= 11 is 11.3. The third-order valence-corrected chi connectivity index (χ3v) is 12.7. The fourth-order valence-corrected chi connectivity index (χ4v) is 7.80. The van der Waals surface area contributed by atoms with Crippen molar-refractivity contribution in [2.24, 2.45) is 10.3 Å². The van der Waals surface area contributed by atoms with Crippen molar-refractivity contribution in [2.75, 3.05) is 14.2 Å². The molecule has 4 aromatic rings. The molecule has 0 radical (unpaired) electrons. The predicted molar refractivity (Wildman–Crippen MR) is 219 cm³/mol. The molecule has 4 rings (SSSR count). The van der Waals surface area contributed by atoms with E-state index in [1.54, 1.807) is 14.2 Å². The molecule has 2 aromatic heterocycles. The van der Waals surface area contributed by atoms with Crippen molar-refractivity contribution in [3.8, 4) is 45.4 Å². The van der Waals surface area contributed by atoms with E-state index in [1.165, 1.54) is 0 Å². The van der Waals surface area contributed by atoms with E-state index in [0.29, 0.717) is 70.0 Å². The van der Waals surface area contributed by atoms with Crippen molar-refractivity contribution >= 4 is 45.9 Å². The van der Waals surface area contributed by atoms with E-state index in [1.807, 2.05) is 101 Å². The Bertz CT molecular complexity index is 1750. The molecule has 52 heavy (non-hydrogen) atoms. The zero-order valence-electron chi connectivity index (χ0n) is 30.6. The van der Waals surface area contributed by atoms with Crippen LogP contribution in [0.1, 0.15) is 76.3 Å². The maximum atomic E-state index is 12.3. The van der Waals surface area contributed by atoms with E-state index in [0.717, 1.165) is 22.3 Å². The lowest BCUT2D eigenvalue weighted by Gasteiger charge is -2.29. The molecule has 2 unspecified atom stereocenters. The van der Waals surface area contributed by atoms with Crippen molar-refractivity contribution in [2.45, 2.75) is 74.7 Å². The first-order chi connectivity index (χ1) is 24.6. The van der Waals surface area contributed by atoms with E-state index in [4.69, 9.17) is 52.9 Å². The van der Waals surface area contributed by atoms with Crippen LogP contribution in [-0.2, 0) is 22.7 Å². The third kappa shape index (κ3) is 9.35. The SMILES string of the molecule is C=CC[C@@H](CC(C)(C)[S+](N)[O-])c1ccc(-c2cccc(-c3cccc(-c4ccc([C@@H](CC=C)CC(C)(C)[S+](N)[O-])c(OC)n4)c3Cl)c2Cl)nc1OC. The smallest absolute Gasteiger partial charge is 0.217 e. The zero-order valence-corrected chi connectivity index (χ0v) is 33.7. The number of methoxy groups -OCH3 is 2. The van der Waals surface area contributed by atoms with Gasteiger partial charge in [-0.05, 0) is 64.5 Å². The van der Waals surface area contributed by atoms with Crippen LogP contribution in [0.15, 0.2) is 86.0 Å². The summed E-state index contributed by atoms with van der Waals surface area (Å²) in [7, 11) is 3.16. The van der Waals surface area contributed by atoms with Gasteiger partial charge < -0.3 is 18.6 Å². The van der Waals surface area contributed by atoms with Gasteiger partial charge in [0.1, 0.15) is 9.49 Å². The molecule has 0 saturated carbocycles. The Balaban J connectivity index is 1.74. The summed E-state index contributed by atoms with van der Waals surface area (Å²) in [6.07, 6.45) is 6.04. The number of hydrogen-bond acceptors (Lipinski definition) is 8. The first-order valence-corrected chi connectivity index (χ1v) is 20.0. The minimum atomic E-state index is -1.52. The molecule has 0 aliphatic heterocycles. The molecule has 0 aliphatic rings. The summed E-state index contributed by atoms with van der Waals surface area (Å²) in [5.41, 5.74) is 5.83. The molecule has 0 fully saturated rings. The number of nitrogens with two attached hydrogens (primary N) is 2. The van der Waals surface area contributed by atoms with Gasteiger partial charge in [0.25, 0.3) is 0 Å². The summed E-state index contributed by atoms with van der Waals surface area (Å²) in [4.78, 5) is 9.75. The number of allylic oxidation sites excluding steroid dienone is 2. The van der Waals surface area contributed by atoms with Crippen LogP contribution in [0.25, 0.3) is 33.6 Å². The Kier molecular flexibility index (Phi) is 14.3. The molecule has 0 spiro atoms. The number of hydrogen-bond donors (Lipinski definition) is 2. The number of nitrogens with zero attached hydrogens (tertiary/aromatic N) is 2. The van der Waals surface area contributed by atoms with Gasteiger partial charge >= 0.3 is 0 Å². The van der Waals surface area contributed by atoms with Crippen molar-refractivity contribution in [1.82, 2.24) is 9.97 Å². The van der Waals surface area contributed by atoms with Gasteiger partial charge in [-0.25, -0.2) is 9.97 Å². The fraction of sp³-hybridized carbons (Fsp3) is 0.350. The molecule has 4 N–H and O–H groups in total. The molecule has 4 atom stereocenters. The number of aromatic nitrogens is 2. The van der Waals surface area contributed by atoms with Crippen LogP contribution in [0, 0.1) is 0 Å². The maximum Gasteiger partial charge on any atom is 0.217 e. The van der Waals surface area contributed by atoms with E-state index < -0.39 is 32.2 Å². The van der Waals surface area contributed by atoms with Crippen molar-refractivity contribution in [1.29, 1.82) is 0 Å². The lowest BCUT2D eigenvalue weighted by Crippen LogP contribution is -2.39. The number of rotatable bonds is 17. The van der Waals surface area contributed by atoms with Gasteiger partial charge in [-0.15, -0.1) is 13.2 Å². The standard InChI is InChI=1S/C40H48Cl2N4O4S2/c1-9-13-25(23-39(3,4)51(43)47)27-19-21-33(45-37(27)49-7)31-17-11-15-29(35(31)41)30-16-12-18-32(36(30)42)34-22-20-28(38(46-34)50-8)26(14-10-2)24-40(5,6)52(44)48/h9-12,15-22,25-26H,1-2,13-14,23-24,43-44H2,3-8H3/t25-,26-,51?,52?/m0/s1. The van der Waals surface area contributed by atoms with Crippen LogP contribution in [-0.4, -0.2) is 42.8 Å². The molecular weight excluding hydrogens is 736 g/mol. The highest BCUT2D eigenvalue weighted by Gasteiger charge is 2.36. The Hall–Kier alpha value is -3.06. The second-order valence-corrected chi connectivity index (χ2v) is 18.0. The minimum Gasteiger partial charge on any atom is -0.598 e. The van der Waals surface area contributed by atoms with Gasteiger partial charge in [-0.1, -0.05) is 83.9 Å². The van der Waals surface area contributed by atoms with E-state index in [2.05, 4.69) is 13.2 Å². The fourth-order valence-electron chi connectivity index (χ4n) is 6.42. The average molecular weight is 784 g/mol. The molecule has 2 heterocycles. The molecule has 0 bridgehead atoms. The van der Waals surface area contributed by atoms with Gasteiger partial charge in [0, 0.05) is 68.9 Å². The highest BCUT2D eigenvalue weighted by atomic mass is 35.5. The largest absolute Gasteiger partial charge is 0.598 e. The minimum absolute atomic E-state index is 0.0580. The molecule has 2 aromatic carbocycles. The first kappa shape index (κ1) is 41.7. The molecular formula is C40H48Cl2N4O4S2. The van der Waals surface area contributed by atoms with E-state index in [-0.39, 0.29) is 11.8 Å². The van der Waals surface area contributed by atoms with Crippen LogP contribution < -0.4 is 19.8 Å². The first-order valence-electron chi connectivity index (χ1n) is 16.8. The van der Waals surface area contributed by atoms with Crippen LogP contribution in [0.2, 0.25) is 10.0 Å². The number of halogens is 2. The van der Waals surface area contributed by atoms with Gasteiger partial charge in [-0.3, -0.25) is 0 Å². The monoisotopic (exact) mass is 782 g/mol.